The quantitative estimate of drug-likeness (QED) is 0.572. The summed E-state index contributed by atoms with van der Waals surface area (Å²) in [6.45, 7) is 0. The lowest BCUT2D eigenvalue weighted by molar-refractivity contribution is 0.928. The molecular weight excluding hydrogens is 194 g/mol. The van der Waals surface area contributed by atoms with Crippen LogP contribution in [0.1, 0.15) is 0 Å². The average molecular weight is 207 g/mol. The predicted octanol–water partition coefficient (Wildman–Crippen LogP) is 3.80. The Morgan fingerprint density at radius 2 is 1.44 bits per heavy atom. The molecule has 78 valence electrons. The van der Waals surface area contributed by atoms with Crippen LogP contribution in [0.5, 0.6) is 0 Å². The highest BCUT2D eigenvalue weighted by Crippen LogP contribution is 2.31. The van der Waals surface area contributed by atoms with Gasteiger partial charge >= 0.3 is 0 Å². The maximum Gasteiger partial charge on any atom is 0.0110 e. The molecule has 0 spiro atoms. The molecule has 0 aromatic carbocycles. The summed E-state index contributed by atoms with van der Waals surface area (Å²) >= 11 is 0. The van der Waals surface area contributed by atoms with E-state index in [0.29, 0.717) is 0 Å². The minimum absolute atomic E-state index is 1.28. The van der Waals surface area contributed by atoms with Crippen LogP contribution in [-0.4, -0.2) is 4.57 Å². The Bertz CT molecular complexity index is 561. The van der Waals surface area contributed by atoms with Gasteiger partial charge in [-0.05, 0) is 40.5 Å². The fourth-order valence-corrected chi connectivity index (χ4v) is 2.06. The van der Waals surface area contributed by atoms with Gasteiger partial charge in [0.05, 0.1) is 0 Å². The van der Waals surface area contributed by atoms with Crippen molar-refractivity contribution in [3.63, 3.8) is 0 Å². The molecule has 1 aromatic heterocycles. The lowest BCUT2D eigenvalue weighted by Crippen LogP contribution is -1.77. The van der Waals surface area contributed by atoms with E-state index in [1.54, 1.807) is 0 Å². The monoisotopic (exact) mass is 207 g/mol. The topological polar surface area (TPSA) is 4.93 Å². The predicted molar refractivity (Wildman–Crippen MR) is 67.5 cm³/mol. The van der Waals surface area contributed by atoms with Crippen LogP contribution in [0.2, 0.25) is 0 Å². The molecule has 1 nitrogen and oxygen atoms in total. The Morgan fingerprint density at radius 1 is 0.750 bits per heavy atom. The van der Waals surface area contributed by atoms with Crippen LogP contribution in [-0.2, 0) is 7.05 Å². The second-order valence-electron chi connectivity index (χ2n) is 4.13. The zero-order valence-electron chi connectivity index (χ0n) is 9.22. The van der Waals surface area contributed by atoms with Gasteiger partial charge in [-0.25, -0.2) is 0 Å². The van der Waals surface area contributed by atoms with Crippen LogP contribution < -0.4 is 0 Å². The van der Waals surface area contributed by atoms with E-state index in [1.807, 2.05) is 7.05 Å². The first-order chi connectivity index (χ1) is 7.83. The van der Waals surface area contributed by atoms with Crippen LogP contribution in [0.15, 0.2) is 60.9 Å². The number of hydrogen-bond donors (Lipinski definition) is 0. The van der Waals surface area contributed by atoms with Crippen LogP contribution in [0, 0.1) is 0 Å². The van der Waals surface area contributed by atoms with Crippen molar-refractivity contribution in [3.8, 4) is 22.3 Å². The fraction of sp³-hybridized carbons (Fsp3) is 0.0667. The zero-order chi connectivity index (χ0) is 11.0. The Labute approximate surface area is 95.3 Å². The zero-order valence-corrected chi connectivity index (χ0v) is 9.22. The fourth-order valence-electron chi connectivity index (χ4n) is 2.06. The number of aryl methyl sites for hydroxylation is 1. The van der Waals surface area contributed by atoms with Crippen molar-refractivity contribution in [1.29, 1.82) is 0 Å². The van der Waals surface area contributed by atoms with Gasteiger partial charge < -0.3 is 4.57 Å². The summed E-state index contributed by atoms with van der Waals surface area (Å²) in [5.41, 5.74) is 5.16. The highest BCUT2D eigenvalue weighted by Gasteiger charge is 2.06. The largest absolute Gasteiger partial charge is 0.357 e. The van der Waals surface area contributed by atoms with Crippen molar-refractivity contribution in [1.82, 2.24) is 4.57 Å². The first-order valence-corrected chi connectivity index (χ1v) is 5.44. The second kappa shape index (κ2) is 3.53. The van der Waals surface area contributed by atoms with E-state index >= 15 is 0 Å². The van der Waals surface area contributed by atoms with Crippen LogP contribution >= 0.6 is 0 Å². The number of hydrogen-bond acceptors (Lipinski definition) is 0. The van der Waals surface area contributed by atoms with Gasteiger partial charge in [0, 0.05) is 19.4 Å². The van der Waals surface area contributed by atoms with Crippen LogP contribution in [0.25, 0.3) is 22.3 Å². The Kier molecular flexibility index (Phi) is 2.03. The van der Waals surface area contributed by atoms with Crippen molar-refractivity contribution in [3.05, 3.63) is 60.9 Å². The van der Waals surface area contributed by atoms with E-state index in [1.165, 1.54) is 22.3 Å². The lowest BCUT2D eigenvalue weighted by atomic mass is 10.2. The van der Waals surface area contributed by atoms with Gasteiger partial charge in [0.15, 0.2) is 0 Å². The highest BCUT2D eigenvalue weighted by molar-refractivity contribution is 5.79. The molecule has 0 saturated heterocycles. The summed E-state index contributed by atoms with van der Waals surface area (Å²) in [7, 11) is 2.05. The third kappa shape index (κ3) is 1.50. The molecule has 0 bridgehead atoms. The average Bonchev–Trinajstić information content (AvgIpc) is 2.81. The maximum atomic E-state index is 2.24. The van der Waals surface area contributed by atoms with Gasteiger partial charge in [-0.3, -0.25) is 0 Å². The normalized spacial score (nSPS) is 10.8. The summed E-state index contributed by atoms with van der Waals surface area (Å²) in [4.78, 5) is 0. The molecule has 1 heteroatoms. The summed E-state index contributed by atoms with van der Waals surface area (Å²) < 4.78 is 2.08. The van der Waals surface area contributed by atoms with Crippen LogP contribution in [0.4, 0.5) is 0 Å². The first-order valence-electron chi connectivity index (χ1n) is 5.44. The maximum absolute atomic E-state index is 2.24. The molecule has 3 rings (SSSR count). The standard InChI is InChI=1S/C15H13N/c1-16-8-7-14(11-16)15-9-12-5-3-2-4-6-13(12)10-15/h2-11H,1H3. The van der Waals surface area contributed by atoms with Crippen molar-refractivity contribution < 1.29 is 0 Å². The molecule has 0 aliphatic heterocycles. The molecule has 1 aromatic rings. The first kappa shape index (κ1) is 9.22. The number of aromatic nitrogens is 1. The molecule has 0 saturated carbocycles. The number of rotatable bonds is 1. The van der Waals surface area contributed by atoms with Gasteiger partial charge in [-0.1, -0.05) is 30.3 Å². The minimum atomic E-state index is 1.28. The van der Waals surface area contributed by atoms with Crippen molar-refractivity contribution in [2.24, 2.45) is 7.05 Å². The molecular formula is C15H13N. The van der Waals surface area contributed by atoms with E-state index in [9.17, 15) is 0 Å². The lowest BCUT2D eigenvalue weighted by Gasteiger charge is -1.89. The van der Waals surface area contributed by atoms with E-state index in [4.69, 9.17) is 0 Å². The molecule has 2 aliphatic rings. The number of fused-ring (bicyclic) bond motifs is 1. The minimum Gasteiger partial charge on any atom is -0.357 e. The molecule has 0 fully saturated rings. The summed E-state index contributed by atoms with van der Waals surface area (Å²) in [5, 5.41) is 0. The van der Waals surface area contributed by atoms with Crippen molar-refractivity contribution >= 4 is 0 Å². The third-order valence-corrected chi connectivity index (χ3v) is 2.89. The second-order valence-corrected chi connectivity index (χ2v) is 4.13. The van der Waals surface area contributed by atoms with E-state index in [-0.39, 0.29) is 0 Å². The third-order valence-electron chi connectivity index (χ3n) is 2.89. The summed E-state index contributed by atoms with van der Waals surface area (Å²) in [6, 6.07) is 17.2. The number of nitrogens with zero attached hydrogens (tertiary/aromatic N) is 1. The molecule has 0 radical (unpaired) electrons. The SMILES string of the molecule is Cn1ccc(-c2cc3cccccc-3c2)c1. The molecule has 0 unspecified atom stereocenters. The smallest absolute Gasteiger partial charge is 0.0110 e. The van der Waals surface area contributed by atoms with Crippen LogP contribution in [0.3, 0.4) is 0 Å². The van der Waals surface area contributed by atoms with Gasteiger partial charge in [0.25, 0.3) is 0 Å². The van der Waals surface area contributed by atoms with Gasteiger partial charge in [0.2, 0.25) is 0 Å². The summed E-state index contributed by atoms with van der Waals surface area (Å²) in [5.74, 6) is 0. The van der Waals surface area contributed by atoms with Crippen molar-refractivity contribution in [2.45, 2.75) is 0 Å². The Hall–Kier alpha value is -2.02. The molecule has 0 N–H and O–H groups in total. The molecule has 0 atom stereocenters. The molecule has 16 heavy (non-hydrogen) atoms. The summed E-state index contributed by atoms with van der Waals surface area (Å²) in [6.07, 6.45) is 4.22. The molecule has 0 amide bonds. The van der Waals surface area contributed by atoms with E-state index < -0.39 is 0 Å². The Balaban J connectivity index is 2.17. The van der Waals surface area contributed by atoms with E-state index in [2.05, 4.69) is 65.5 Å². The highest BCUT2D eigenvalue weighted by atomic mass is 14.9. The van der Waals surface area contributed by atoms with Gasteiger partial charge in [-0.15, -0.1) is 0 Å². The van der Waals surface area contributed by atoms with Gasteiger partial charge in [-0.2, -0.15) is 0 Å². The van der Waals surface area contributed by atoms with E-state index in [0.717, 1.165) is 0 Å². The Morgan fingerprint density at radius 3 is 2.00 bits per heavy atom. The van der Waals surface area contributed by atoms with Crippen molar-refractivity contribution in [2.75, 3.05) is 0 Å². The molecule has 2 aliphatic carbocycles. The molecule has 1 heterocycles. The van der Waals surface area contributed by atoms with Gasteiger partial charge in [0.1, 0.15) is 0 Å².